The number of nitrogens with zero attached hydrogens (tertiary/aromatic N) is 5. The van der Waals surface area contributed by atoms with Crippen LogP contribution in [0.1, 0.15) is 41.4 Å². The van der Waals surface area contributed by atoms with Crippen molar-refractivity contribution in [3.63, 3.8) is 0 Å². The Labute approximate surface area is 147 Å². The lowest BCUT2D eigenvalue weighted by Gasteiger charge is -2.35. The molecular formula is C19H21N5O. The molecular weight excluding hydrogens is 314 g/mol. The minimum absolute atomic E-state index is 0.0702. The summed E-state index contributed by atoms with van der Waals surface area (Å²) in [6.07, 6.45) is 0. The van der Waals surface area contributed by atoms with Crippen LogP contribution >= 0.6 is 0 Å². The first kappa shape index (κ1) is 16.9. The van der Waals surface area contributed by atoms with Crippen molar-refractivity contribution < 1.29 is 4.79 Å². The Morgan fingerprint density at radius 2 is 1.72 bits per heavy atom. The van der Waals surface area contributed by atoms with E-state index in [1.54, 1.807) is 12.1 Å². The monoisotopic (exact) mass is 335 g/mol. The first-order valence-electron chi connectivity index (χ1n) is 8.46. The van der Waals surface area contributed by atoms with Crippen LogP contribution in [0.5, 0.6) is 0 Å². The van der Waals surface area contributed by atoms with Crippen LogP contribution in [0, 0.1) is 11.3 Å². The van der Waals surface area contributed by atoms with Gasteiger partial charge in [0.15, 0.2) is 11.5 Å². The van der Waals surface area contributed by atoms with E-state index in [-0.39, 0.29) is 5.91 Å². The molecule has 25 heavy (non-hydrogen) atoms. The Balaban J connectivity index is 1.61. The number of anilines is 1. The maximum Gasteiger partial charge on any atom is 0.253 e. The summed E-state index contributed by atoms with van der Waals surface area (Å²) < 4.78 is 0. The molecule has 1 fully saturated rings. The molecule has 0 radical (unpaired) electrons. The zero-order valence-corrected chi connectivity index (χ0v) is 14.5. The average Bonchev–Trinajstić information content (AvgIpc) is 2.67. The van der Waals surface area contributed by atoms with Gasteiger partial charge in [-0.15, -0.1) is 10.2 Å². The Kier molecular flexibility index (Phi) is 4.94. The lowest BCUT2D eigenvalue weighted by molar-refractivity contribution is 0.0746. The van der Waals surface area contributed by atoms with Gasteiger partial charge < -0.3 is 9.80 Å². The molecule has 3 rings (SSSR count). The van der Waals surface area contributed by atoms with Gasteiger partial charge in [0.1, 0.15) is 6.07 Å². The van der Waals surface area contributed by atoms with Gasteiger partial charge in [0, 0.05) is 31.7 Å². The third kappa shape index (κ3) is 3.77. The molecule has 128 valence electrons. The minimum atomic E-state index is 0.0702. The molecule has 1 aromatic heterocycles. The van der Waals surface area contributed by atoms with E-state index in [0.29, 0.717) is 37.8 Å². The maximum atomic E-state index is 12.7. The summed E-state index contributed by atoms with van der Waals surface area (Å²) in [6.45, 7) is 6.98. The third-order valence-corrected chi connectivity index (χ3v) is 4.48. The molecule has 1 aliphatic rings. The molecule has 2 aromatic rings. The summed E-state index contributed by atoms with van der Waals surface area (Å²) in [5, 5.41) is 16.7. The summed E-state index contributed by atoms with van der Waals surface area (Å²) in [6, 6.07) is 13.3. The molecule has 0 saturated carbocycles. The molecule has 0 bridgehead atoms. The zero-order chi connectivity index (χ0) is 17.8. The van der Waals surface area contributed by atoms with Gasteiger partial charge >= 0.3 is 0 Å². The van der Waals surface area contributed by atoms with Gasteiger partial charge in [-0.25, -0.2) is 0 Å². The van der Waals surface area contributed by atoms with Crippen molar-refractivity contribution in [2.45, 2.75) is 19.8 Å². The molecule has 1 aromatic carbocycles. The van der Waals surface area contributed by atoms with Gasteiger partial charge in [0.25, 0.3) is 5.91 Å². The van der Waals surface area contributed by atoms with Crippen molar-refractivity contribution in [1.82, 2.24) is 15.1 Å². The molecule has 1 amide bonds. The van der Waals surface area contributed by atoms with Gasteiger partial charge in [-0.05, 0) is 35.7 Å². The van der Waals surface area contributed by atoms with Crippen molar-refractivity contribution >= 4 is 11.7 Å². The fraction of sp³-hybridized carbons (Fsp3) is 0.368. The van der Waals surface area contributed by atoms with Crippen LogP contribution in [-0.4, -0.2) is 47.2 Å². The Morgan fingerprint density at radius 3 is 2.24 bits per heavy atom. The number of nitriles is 1. The highest BCUT2D eigenvalue weighted by molar-refractivity contribution is 5.94. The summed E-state index contributed by atoms with van der Waals surface area (Å²) in [5.41, 5.74) is 2.28. The van der Waals surface area contributed by atoms with Gasteiger partial charge in [-0.1, -0.05) is 26.0 Å². The molecule has 0 N–H and O–H groups in total. The third-order valence-electron chi connectivity index (χ3n) is 4.48. The van der Waals surface area contributed by atoms with Crippen molar-refractivity contribution in [3.8, 4) is 6.07 Å². The smallest absolute Gasteiger partial charge is 0.253 e. The summed E-state index contributed by atoms with van der Waals surface area (Å²) in [5.74, 6) is 1.27. The largest absolute Gasteiger partial charge is 0.352 e. The van der Waals surface area contributed by atoms with Crippen molar-refractivity contribution in [2.75, 3.05) is 31.1 Å². The lowest BCUT2D eigenvalue weighted by atomic mass is 10.0. The van der Waals surface area contributed by atoms with E-state index in [2.05, 4.69) is 28.9 Å². The van der Waals surface area contributed by atoms with E-state index >= 15 is 0 Å². The second-order valence-electron chi connectivity index (χ2n) is 6.44. The van der Waals surface area contributed by atoms with Crippen LogP contribution in [0.2, 0.25) is 0 Å². The number of carbonyl (C=O) groups excluding carboxylic acids is 1. The topological polar surface area (TPSA) is 73.1 Å². The number of rotatable bonds is 3. The molecule has 6 nitrogen and oxygen atoms in total. The number of piperazine rings is 1. The second-order valence-corrected chi connectivity index (χ2v) is 6.44. The van der Waals surface area contributed by atoms with Crippen LogP contribution in [-0.2, 0) is 0 Å². The van der Waals surface area contributed by atoms with Crippen LogP contribution in [0.3, 0.4) is 0 Å². The molecule has 0 aliphatic carbocycles. The van der Waals surface area contributed by atoms with Gasteiger partial charge in [0.05, 0.1) is 0 Å². The van der Waals surface area contributed by atoms with E-state index in [9.17, 15) is 4.79 Å². The standard InChI is InChI=1S/C19H21N5O/c1-14(2)15-3-5-16(6-4-15)19(25)24-11-9-23(10-12-24)18-8-7-17(13-20)21-22-18/h3-8,14H,9-12H2,1-2H3. The molecule has 0 unspecified atom stereocenters. The Morgan fingerprint density at radius 1 is 1.04 bits per heavy atom. The normalized spacial score (nSPS) is 14.5. The maximum absolute atomic E-state index is 12.7. The Hall–Kier alpha value is -2.94. The second kappa shape index (κ2) is 7.31. The summed E-state index contributed by atoms with van der Waals surface area (Å²) in [4.78, 5) is 16.6. The predicted octanol–water partition coefficient (Wildman–Crippen LogP) is 2.43. The van der Waals surface area contributed by atoms with Crippen LogP contribution in [0.25, 0.3) is 0 Å². The van der Waals surface area contributed by atoms with E-state index < -0.39 is 0 Å². The van der Waals surface area contributed by atoms with Gasteiger partial charge in [0.2, 0.25) is 0 Å². The van der Waals surface area contributed by atoms with Crippen LogP contribution in [0.4, 0.5) is 5.82 Å². The van der Waals surface area contributed by atoms with E-state index in [0.717, 1.165) is 11.4 Å². The van der Waals surface area contributed by atoms with Crippen molar-refractivity contribution in [3.05, 3.63) is 53.2 Å². The number of hydrogen-bond donors (Lipinski definition) is 0. The number of aromatic nitrogens is 2. The molecule has 6 heteroatoms. The molecule has 0 atom stereocenters. The number of carbonyl (C=O) groups is 1. The van der Waals surface area contributed by atoms with E-state index in [1.165, 1.54) is 5.56 Å². The predicted molar refractivity (Wildman–Crippen MR) is 95.4 cm³/mol. The first-order valence-corrected chi connectivity index (χ1v) is 8.46. The van der Waals surface area contributed by atoms with Gasteiger partial charge in [-0.2, -0.15) is 5.26 Å². The highest BCUT2D eigenvalue weighted by Crippen LogP contribution is 2.17. The van der Waals surface area contributed by atoms with Crippen molar-refractivity contribution in [1.29, 1.82) is 5.26 Å². The molecule has 2 heterocycles. The number of benzene rings is 1. The average molecular weight is 335 g/mol. The fourth-order valence-electron chi connectivity index (χ4n) is 2.89. The van der Waals surface area contributed by atoms with E-state index in [1.807, 2.05) is 35.2 Å². The Bertz CT molecular complexity index is 769. The van der Waals surface area contributed by atoms with Crippen LogP contribution in [0.15, 0.2) is 36.4 Å². The first-order chi connectivity index (χ1) is 12.1. The summed E-state index contributed by atoms with van der Waals surface area (Å²) in [7, 11) is 0. The SMILES string of the molecule is CC(C)c1ccc(C(=O)N2CCN(c3ccc(C#N)nn3)CC2)cc1. The summed E-state index contributed by atoms with van der Waals surface area (Å²) >= 11 is 0. The number of amides is 1. The van der Waals surface area contributed by atoms with Crippen LogP contribution < -0.4 is 4.90 Å². The quantitative estimate of drug-likeness (QED) is 0.861. The molecule has 0 spiro atoms. The highest BCUT2D eigenvalue weighted by Gasteiger charge is 2.23. The zero-order valence-electron chi connectivity index (χ0n) is 14.5. The van der Waals surface area contributed by atoms with Gasteiger partial charge in [-0.3, -0.25) is 4.79 Å². The van der Waals surface area contributed by atoms with E-state index in [4.69, 9.17) is 5.26 Å². The highest BCUT2D eigenvalue weighted by atomic mass is 16.2. The molecule has 1 saturated heterocycles. The van der Waals surface area contributed by atoms with Crippen molar-refractivity contribution in [2.24, 2.45) is 0 Å². The fourth-order valence-corrected chi connectivity index (χ4v) is 2.89. The molecule has 1 aliphatic heterocycles. The lowest BCUT2D eigenvalue weighted by Crippen LogP contribution is -2.49. The number of hydrogen-bond acceptors (Lipinski definition) is 5. The minimum Gasteiger partial charge on any atom is -0.352 e.